The Morgan fingerprint density at radius 1 is 1.47 bits per heavy atom. The number of amides is 1. The number of halogens is 2. The lowest BCUT2D eigenvalue weighted by molar-refractivity contribution is 0.0995. The van der Waals surface area contributed by atoms with E-state index in [-0.39, 0.29) is 5.69 Å². The predicted molar refractivity (Wildman–Crippen MR) is 69.2 cm³/mol. The fourth-order valence-electron chi connectivity index (χ4n) is 1.34. The summed E-state index contributed by atoms with van der Waals surface area (Å²) in [5.74, 6) is -1.04. The van der Waals surface area contributed by atoms with E-state index in [1.54, 1.807) is 0 Å². The summed E-state index contributed by atoms with van der Waals surface area (Å²) < 4.78 is 15.2. The lowest BCUT2D eigenvalue weighted by atomic mass is 10.2. The molecule has 2 aromatic rings. The van der Waals surface area contributed by atoms with Crippen LogP contribution in [0.3, 0.4) is 0 Å². The average molecular weight is 346 g/mol. The second-order valence-electron chi connectivity index (χ2n) is 3.33. The van der Waals surface area contributed by atoms with Crippen molar-refractivity contribution >= 4 is 34.2 Å². The van der Waals surface area contributed by atoms with Crippen molar-refractivity contribution in [2.45, 2.75) is 0 Å². The molecular weight excluding hydrogens is 338 g/mol. The first-order valence-corrected chi connectivity index (χ1v) is 5.67. The number of nitrogen functional groups attached to an aromatic ring is 1. The molecule has 0 bridgehead atoms. The zero-order chi connectivity index (χ0) is 12.6. The average Bonchev–Trinajstić information content (AvgIpc) is 2.72. The van der Waals surface area contributed by atoms with Crippen LogP contribution in [-0.2, 0) is 0 Å². The van der Waals surface area contributed by atoms with E-state index in [2.05, 4.69) is 5.10 Å². The second kappa shape index (κ2) is 4.32. The standard InChI is InChI=1S/C10H8FIN4O/c11-5-3-9(7(13)4-6(5)12)16-2-1-8(15-16)10(14)17/h1-4H,13H2,(H2,14,17). The van der Waals surface area contributed by atoms with E-state index >= 15 is 0 Å². The lowest BCUT2D eigenvalue weighted by Crippen LogP contribution is -2.12. The number of anilines is 1. The van der Waals surface area contributed by atoms with Crippen LogP contribution in [0.2, 0.25) is 0 Å². The van der Waals surface area contributed by atoms with Gasteiger partial charge in [-0.1, -0.05) is 0 Å². The van der Waals surface area contributed by atoms with Gasteiger partial charge in [-0.2, -0.15) is 5.10 Å². The van der Waals surface area contributed by atoms with Crippen LogP contribution < -0.4 is 11.5 Å². The summed E-state index contributed by atoms with van der Waals surface area (Å²) in [6.07, 6.45) is 1.50. The summed E-state index contributed by atoms with van der Waals surface area (Å²) in [5, 5.41) is 3.90. The van der Waals surface area contributed by atoms with Crippen LogP contribution in [0.4, 0.5) is 10.1 Å². The summed E-state index contributed by atoms with van der Waals surface area (Å²) in [4.78, 5) is 10.9. The molecule has 0 fully saturated rings. The van der Waals surface area contributed by atoms with Crippen LogP contribution >= 0.6 is 22.6 Å². The lowest BCUT2D eigenvalue weighted by Gasteiger charge is -2.06. The minimum atomic E-state index is -0.645. The maximum Gasteiger partial charge on any atom is 0.269 e. The minimum absolute atomic E-state index is 0.100. The van der Waals surface area contributed by atoms with Gasteiger partial charge in [0.05, 0.1) is 14.9 Å². The molecule has 0 saturated heterocycles. The van der Waals surface area contributed by atoms with Gasteiger partial charge in [-0.15, -0.1) is 0 Å². The molecule has 0 aliphatic rings. The number of rotatable bonds is 2. The van der Waals surface area contributed by atoms with Crippen LogP contribution in [0.25, 0.3) is 5.69 Å². The monoisotopic (exact) mass is 346 g/mol. The number of benzene rings is 1. The normalized spacial score (nSPS) is 10.5. The molecule has 1 aromatic carbocycles. The third-order valence-electron chi connectivity index (χ3n) is 2.16. The number of nitrogens with two attached hydrogens (primary N) is 2. The molecule has 0 spiro atoms. The van der Waals surface area contributed by atoms with E-state index in [0.29, 0.717) is 14.9 Å². The molecule has 1 aromatic heterocycles. The predicted octanol–water partition coefficient (Wildman–Crippen LogP) is 1.30. The van der Waals surface area contributed by atoms with Crippen molar-refractivity contribution in [1.82, 2.24) is 9.78 Å². The van der Waals surface area contributed by atoms with Crippen molar-refractivity contribution in [3.05, 3.63) is 39.5 Å². The molecule has 7 heteroatoms. The topological polar surface area (TPSA) is 86.9 Å². The van der Waals surface area contributed by atoms with Crippen LogP contribution in [0.15, 0.2) is 24.4 Å². The number of hydrogen-bond acceptors (Lipinski definition) is 3. The van der Waals surface area contributed by atoms with Gasteiger partial charge in [0.2, 0.25) is 0 Å². The molecule has 1 amide bonds. The van der Waals surface area contributed by atoms with Crippen molar-refractivity contribution in [3.8, 4) is 5.69 Å². The summed E-state index contributed by atoms with van der Waals surface area (Å²) in [6, 6.07) is 4.20. The second-order valence-corrected chi connectivity index (χ2v) is 4.50. The number of primary amides is 1. The van der Waals surface area contributed by atoms with Gasteiger partial charge >= 0.3 is 0 Å². The SMILES string of the molecule is NC(=O)c1ccn(-c2cc(F)c(I)cc2N)n1. The van der Waals surface area contributed by atoms with E-state index in [1.807, 2.05) is 22.6 Å². The summed E-state index contributed by atoms with van der Waals surface area (Å²) in [5.41, 5.74) is 11.7. The first-order valence-electron chi connectivity index (χ1n) is 4.59. The van der Waals surface area contributed by atoms with E-state index < -0.39 is 11.7 Å². The molecule has 0 radical (unpaired) electrons. The zero-order valence-electron chi connectivity index (χ0n) is 8.52. The highest BCUT2D eigenvalue weighted by Crippen LogP contribution is 2.22. The van der Waals surface area contributed by atoms with E-state index in [4.69, 9.17) is 11.5 Å². The van der Waals surface area contributed by atoms with Gasteiger partial charge in [-0.25, -0.2) is 9.07 Å². The van der Waals surface area contributed by atoms with Crippen molar-refractivity contribution < 1.29 is 9.18 Å². The van der Waals surface area contributed by atoms with E-state index in [9.17, 15) is 9.18 Å². The van der Waals surface area contributed by atoms with Gasteiger partial charge in [-0.05, 0) is 34.7 Å². The molecule has 1 heterocycles. The van der Waals surface area contributed by atoms with Crippen LogP contribution in [0, 0.1) is 9.39 Å². The Morgan fingerprint density at radius 3 is 2.76 bits per heavy atom. The van der Waals surface area contributed by atoms with E-state index in [0.717, 1.165) is 0 Å². The molecule has 4 N–H and O–H groups in total. The number of nitrogens with zero attached hydrogens (tertiary/aromatic N) is 2. The van der Waals surface area contributed by atoms with Crippen molar-refractivity contribution in [1.29, 1.82) is 0 Å². The molecule has 5 nitrogen and oxygen atoms in total. The Labute approximate surface area is 110 Å². The molecular formula is C10H8FIN4O. The highest BCUT2D eigenvalue weighted by atomic mass is 127. The summed E-state index contributed by atoms with van der Waals surface area (Å²) in [7, 11) is 0. The zero-order valence-corrected chi connectivity index (χ0v) is 10.7. The molecule has 0 aliphatic heterocycles. The largest absolute Gasteiger partial charge is 0.397 e. The highest BCUT2D eigenvalue weighted by Gasteiger charge is 2.11. The maximum absolute atomic E-state index is 13.4. The van der Waals surface area contributed by atoms with Crippen molar-refractivity contribution in [2.75, 3.05) is 5.73 Å². The van der Waals surface area contributed by atoms with Gasteiger partial charge in [0.25, 0.3) is 5.91 Å². The number of hydrogen-bond donors (Lipinski definition) is 2. The van der Waals surface area contributed by atoms with Gasteiger partial charge in [0.15, 0.2) is 0 Å². The Bertz CT molecular complexity index is 596. The third kappa shape index (κ3) is 2.23. The number of carbonyl (C=O) groups is 1. The maximum atomic E-state index is 13.4. The minimum Gasteiger partial charge on any atom is -0.397 e. The third-order valence-corrected chi connectivity index (χ3v) is 2.98. The van der Waals surface area contributed by atoms with Gasteiger partial charge in [0.1, 0.15) is 11.5 Å². The van der Waals surface area contributed by atoms with Crippen molar-refractivity contribution in [2.24, 2.45) is 5.73 Å². The number of aromatic nitrogens is 2. The first kappa shape index (κ1) is 11.8. The van der Waals surface area contributed by atoms with Crippen LogP contribution in [0.1, 0.15) is 10.5 Å². The first-order chi connectivity index (χ1) is 7.99. The molecule has 2 rings (SSSR count). The Kier molecular flexibility index (Phi) is 3.01. The molecule has 0 atom stereocenters. The fourth-order valence-corrected chi connectivity index (χ4v) is 1.83. The van der Waals surface area contributed by atoms with Gasteiger partial charge < -0.3 is 11.5 Å². The molecule has 0 aliphatic carbocycles. The van der Waals surface area contributed by atoms with Crippen molar-refractivity contribution in [3.63, 3.8) is 0 Å². The quantitative estimate of drug-likeness (QED) is 0.635. The highest BCUT2D eigenvalue weighted by molar-refractivity contribution is 14.1. The van der Waals surface area contributed by atoms with Crippen LogP contribution in [0.5, 0.6) is 0 Å². The summed E-state index contributed by atoms with van der Waals surface area (Å²) >= 11 is 1.84. The Morgan fingerprint density at radius 2 is 2.18 bits per heavy atom. The van der Waals surface area contributed by atoms with Crippen LogP contribution in [-0.4, -0.2) is 15.7 Å². The smallest absolute Gasteiger partial charge is 0.269 e. The Hall–Kier alpha value is -1.64. The molecule has 0 unspecified atom stereocenters. The molecule has 17 heavy (non-hydrogen) atoms. The Balaban J connectivity index is 2.52. The summed E-state index contributed by atoms with van der Waals surface area (Å²) in [6.45, 7) is 0. The van der Waals surface area contributed by atoms with E-state index in [1.165, 1.54) is 29.1 Å². The fraction of sp³-hybridized carbons (Fsp3) is 0. The molecule has 88 valence electrons. The number of carbonyl (C=O) groups excluding carboxylic acids is 1. The molecule has 0 saturated carbocycles. The van der Waals surface area contributed by atoms with Gasteiger partial charge in [0, 0.05) is 12.3 Å². The van der Waals surface area contributed by atoms with Gasteiger partial charge in [-0.3, -0.25) is 4.79 Å².